The zero-order chi connectivity index (χ0) is 14.5. The molecule has 0 saturated carbocycles. The molecule has 0 atom stereocenters. The van der Waals surface area contributed by atoms with E-state index >= 15 is 0 Å². The molecule has 0 spiro atoms. The molecule has 2 aromatic rings. The van der Waals surface area contributed by atoms with Crippen LogP contribution in [0.25, 0.3) is 17.2 Å². The second-order valence-corrected chi connectivity index (χ2v) is 4.89. The van der Waals surface area contributed by atoms with Crippen molar-refractivity contribution in [2.45, 2.75) is 13.3 Å². The maximum Gasteiger partial charge on any atom is 0.331 e. The number of benzene rings is 2. The molecule has 0 fully saturated rings. The number of hydrogen-bond acceptors (Lipinski definition) is 1. The summed E-state index contributed by atoms with van der Waals surface area (Å²) in [7, 11) is 0. The zero-order valence-electron chi connectivity index (χ0n) is 11.1. The van der Waals surface area contributed by atoms with Crippen molar-refractivity contribution < 1.29 is 9.90 Å². The van der Waals surface area contributed by atoms with Crippen LogP contribution in [0.1, 0.15) is 18.9 Å². The Hall–Kier alpha value is -2.06. The predicted octanol–water partition coefficient (Wildman–Crippen LogP) is 4.89. The highest BCUT2D eigenvalue weighted by molar-refractivity contribution is 6.30. The molecular weight excluding hydrogens is 272 g/mol. The van der Waals surface area contributed by atoms with Gasteiger partial charge < -0.3 is 5.11 Å². The topological polar surface area (TPSA) is 37.3 Å². The summed E-state index contributed by atoms with van der Waals surface area (Å²) in [6, 6.07) is 15.4. The first kappa shape index (κ1) is 14.4. The van der Waals surface area contributed by atoms with E-state index in [-0.39, 0.29) is 0 Å². The summed E-state index contributed by atoms with van der Waals surface area (Å²) in [4.78, 5) is 11.0. The Morgan fingerprint density at radius 3 is 2.00 bits per heavy atom. The third kappa shape index (κ3) is 3.49. The molecule has 2 aromatic carbocycles. The summed E-state index contributed by atoms with van der Waals surface area (Å²) < 4.78 is 0. The Balaban J connectivity index is 2.26. The van der Waals surface area contributed by atoms with Crippen molar-refractivity contribution in [3.63, 3.8) is 0 Å². The molecule has 0 aliphatic rings. The van der Waals surface area contributed by atoms with E-state index in [4.69, 9.17) is 16.7 Å². The fourth-order valence-corrected chi connectivity index (χ4v) is 2.06. The van der Waals surface area contributed by atoms with Crippen molar-refractivity contribution >= 4 is 23.6 Å². The van der Waals surface area contributed by atoms with Crippen LogP contribution in [0.15, 0.2) is 54.1 Å². The molecule has 20 heavy (non-hydrogen) atoms. The van der Waals surface area contributed by atoms with Crippen LogP contribution in [0, 0.1) is 0 Å². The minimum absolute atomic E-state index is 0.407. The van der Waals surface area contributed by atoms with Crippen LogP contribution in [0.3, 0.4) is 0 Å². The first-order valence-corrected chi connectivity index (χ1v) is 6.78. The number of rotatable bonds is 4. The molecule has 0 saturated heterocycles. The number of aliphatic carboxylic acids is 1. The minimum Gasteiger partial charge on any atom is -0.478 e. The van der Waals surface area contributed by atoms with Crippen LogP contribution < -0.4 is 0 Å². The molecule has 0 heterocycles. The van der Waals surface area contributed by atoms with E-state index in [1.165, 1.54) is 0 Å². The first-order valence-electron chi connectivity index (χ1n) is 6.40. The predicted molar refractivity (Wildman–Crippen MR) is 82.8 cm³/mol. The third-order valence-corrected chi connectivity index (χ3v) is 3.34. The lowest BCUT2D eigenvalue weighted by molar-refractivity contribution is -0.132. The van der Waals surface area contributed by atoms with Crippen molar-refractivity contribution in [1.29, 1.82) is 0 Å². The molecule has 3 heteroatoms. The largest absolute Gasteiger partial charge is 0.478 e. The Morgan fingerprint density at radius 2 is 1.55 bits per heavy atom. The monoisotopic (exact) mass is 286 g/mol. The molecule has 2 rings (SSSR count). The SMILES string of the molecule is CC/C(=C\c1ccc(-c2ccc(Cl)cc2)cc1)C(=O)O. The lowest BCUT2D eigenvalue weighted by Crippen LogP contribution is -1.98. The highest BCUT2D eigenvalue weighted by atomic mass is 35.5. The van der Waals surface area contributed by atoms with Crippen molar-refractivity contribution in [2.24, 2.45) is 0 Å². The van der Waals surface area contributed by atoms with E-state index in [9.17, 15) is 4.79 Å². The lowest BCUT2D eigenvalue weighted by Gasteiger charge is -2.03. The van der Waals surface area contributed by atoms with Crippen LogP contribution in [-0.2, 0) is 4.79 Å². The lowest BCUT2D eigenvalue weighted by atomic mass is 10.0. The number of halogens is 1. The van der Waals surface area contributed by atoms with Gasteiger partial charge >= 0.3 is 5.97 Å². The molecule has 0 unspecified atom stereocenters. The second-order valence-electron chi connectivity index (χ2n) is 4.46. The highest BCUT2D eigenvalue weighted by Gasteiger charge is 2.04. The standard InChI is InChI=1S/C17H15ClO2/c1-2-13(17(19)20)11-12-3-5-14(6-4-12)15-7-9-16(18)10-8-15/h3-11H,2H2,1H3,(H,19,20)/b13-11+. The number of carboxylic acids is 1. The Bertz CT molecular complexity index is 625. The smallest absolute Gasteiger partial charge is 0.331 e. The number of carbonyl (C=O) groups is 1. The molecule has 0 bridgehead atoms. The summed E-state index contributed by atoms with van der Waals surface area (Å²) in [5.74, 6) is -0.866. The fourth-order valence-electron chi connectivity index (χ4n) is 1.93. The summed E-state index contributed by atoms with van der Waals surface area (Å²) >= 11 is 5.86. The van der Waals surface area contributed by atoms with Gasteiger partial charge in [0.15, 0.2) is 0 Å². The van der Waals surface area contributed by atoms with Crippen molar-refractivity contribution in [3.8, 4) is 11.1 Å². The molecule has 0 radical (unpaired) electrons. The Labute approximate surface area is 123 Å². The fraction of sp³-hybridized carbons (Fsp3) is 0.118. The molecule has 2 nitrogen and oxygen atoms in total. The number of hydrogen-bond donors (Lipinski definition) is 1. The van der Waals surface area contributed by atoms with Gasteiger partial charge in [-0.3, -0.25) is 0 Å². The van der Waals surface area contributed by atoms with Gasteiger partial charge in [-0.25, -0.2) is 4.79 Å². The summed E-state index contributed by atoms with van der Waals surface area (Å²) in [6.07, 6.45) is 2.21. The molecule has 0 aliphatic carbocycles. The first-order chi connectivity index (χ1) is 9.60. The Kier molecular flexibility index (Phi) is 4.59. The molecule has 0 aromatic heterocycles. The minimum atomic E-state index is -0.866. The summed E-state index contributed by atoms with van der Waals surface area (Å²) in [5, 5.41) is 9.72. The average Bonchev–Trinajstić information content (AvgIpc) is 2.46. The summed E-state index contributed by atoms with van der Waals surface area (Å²) in [5.41, 5.74) is 3.46. The van der Waals surface area contributed by atoms with E-state index in [1.54, 1.807) is 6.08 Å². The third-order valence-electron chi connectivity index (χ3n) is 3.08. The average molecular weight is 287 g/mol. The maximum absolute atomic E-state index is 11.0. The van der Waals surface area contributed by atoms with E-state index < -0.39 is 5.97 Å². The second kappa shape index (κ2) is 6.40. The van der Waals surface area contributed by atoms with Crippen molar-refractivity contribution in [3.05, 3.63) is 64.7 Å². The molecule has 0 aliphatic heterocycles. The number of carboxylic acid groups (broad SMARTS) is 1. The maximum atomic E-state index is 11.0. The Morgan fingerprint density at radius 1 is 1.05 bits per heavy atom. The van der Waals surface area contributed by atoms with Crippen LogP contribution in [-0.4, -0.2) is 11.1 Å². The summed E-state index contributed by atoms with van der Waals surface area (Å²) in [6.45, 7) is 1.84. The molecule has 102 valence electrons. The van der Waals surface area contributed by atoms with E-state index in [0.29, 0.717) is 17.0 Å². The van der Waals surface area contributed by atoms with Crippen LogP contribution in [0.5, 0.6) is 0 Å². The van der Waals surface area contributed by atoms with Gasteiger partial charge in [-0.05, 0) is 41.3 Å². The zero-order valence-corrected chi connectivity index (χ0v) is 11.9. The van der Waals surface area contributed by atoms with E-state index in [0.717, 1.165) is 16.7 Å². The molecular formula is C17H15ClO2. The van der Waals surface area contributed by atoms with Gasteiger partial charge in [-0.1, -0.05) is 54.9 Å². The van der Waals surface area contributed by atoms with E-state index in [1.807, 2.05) is 55.5 Å². The molecule has 0 amide bonds. The van der Waals surface area contributed by atoms with Gasteiger partial charge in [-0.2, -0.15) is 0 Å². The van der Waals surface area contributed by atoms with Gasteiger partial charge in [-0.15, -0.1) is 0 Å². The highest BCUT2D eigenvalue weighted by Crippen LogP contribution is 2.22. The van der Waals surface area contributed by atoms with E-state index in [2.05, 4.69) is 0 Å². The van der Waals surface area contributed by atoms with Gasteiger partial charge in [0.05, 0.1) is 0 Å². The van der Waals surface area contributed by atoms with Gasteiger partial charge in [0.1, 0.15) is 0 Å². The van der Waals surface area contributed by atoms with Crippen LogP contribution in [0.4, 0.5) is 0 Å². The van der Waals surface area contributed by atoms with Crippen LogP contribution >= 0.6 is 11.6 Å². The molecule has 1 N–H and O–H groups in total. The van der Waals surface area contributed by atoms with Crippen molar-refractivity contribution in [1.82, 2.24) is 0 Å². The van der Waals surface area contributed by atoms with Gasteiger partial charge in [0, 0.05) is 10.6 Å². The quantitative estimate of drug-likeness (QED) is 0.813. The van der Waals surface area contributed by atoms with Crippen molar-refractivity contribution in [2.75, 3.05) is 0 Å². The normalized spacial score (nSPS) is 11.4. The van der Waals surface area contributed by atoms with Crippen LogP contribution in [0.2, 0.25) is 5.02 Å². The van der Waals surface area contributed by atoms with Gasteiger partial charge in [0.2, 0.25) is 0 Å². The van der Waals surface area contributed by atoms with Gasteiger partial charge in [0.25, 0.3) is 0 Å².